The molecule has 0 aliphatic rings. The van der Waals surface area contributed by atoms with E-state index in [4.69, 9.17) is 25.5 Å². The normalized spacial score (nSPS) is 11.2. The second-order valence-corrected chi connectivity index (χ2v) is 9.89. The van der Waals surface area contributed by atoms with Crippen molar-refractivity contribution in [2.75, 3.05) is 26.2 Å². The molecule has 0 aliphatic heterocycles. The maximum absolute atomic E-state index is 12.4. The smallest absolute Gasteiger partial charge is 0.480 e. The Bertz CT molecular complexity index is 1320. The number of hydrogen-bond donors (Lipinski definition) is 5. The van der Waals surface area contributed by atoms with E-state index in [1.165, 1.54) is 16.9 Å². The fraction of sp³-hybridized carbons (Fsp3) is 0.333. The van der Waals surface area contributed by atoms with Crippen LogP contribution in [0.2, 0.25) is 0 Å². The highest BCUT2D eigenvalue weighted by Gasteiger charge is 2.38. The van der Waals surface area contributed by atoms with Crippen molar-refractivity contribution in [3.05, 3.63) is 70.6 Å². The number of carbonyl (C=O) groups is 4. The molecule has 1 amide bonds. The van der Waals surface area contributed by atoms with Crippen LogP contribution in [-0.2, 0) is 27.3 Å². The third-order valence-corrected chi connectivity index (χ3v) is 6.52. The molecule has 0 fully saturated rings. The zero-order valence-electron chi connectivity index (χ0n) is 22.8. The van der Waals surface area contributed by atoms with Gasteiger partial charge in [0.05, 0.1) is 11.4 Å². The Balaban J connectivity index is 0.000000574. The van der Waals surface area contributed by atoms with Crippen molar-refractivity contribution in [2.24, 2.45) is 5.73 Å². The number of rotatable bonds is 11. The van der Waals surface area contributed by atoms with Crippen LogP contribution in [0.1, 0.15) is 27.2 Å². The van der Waals surface area contributed by atoms with Crippen molar-refractivity contribution >= 4 is 45.2 Å². The van der Waals surface area contributed by atoms with Crippen LogP contribution in [0.3, 0.4) is 0 Å². The average molecular weight is 654 g/mol. The lowest BCUT2D eigenvalue weighted by Crippen LogP contribution is -2.38. The van der Waals surface area contributed by atoms with Crippen molar-refractivity contribution in [1.82, 2.24) is 10.2 Å². The van der Waals surface area contributed by atoms with Gasteiger partial charge in [0.25, 0.3) is 5.91 Å². The van der Waals surface area contributed by atoms with Crippen LogP contribution in [0, 0.1) is 0 Å². The van der Waals surface area contributed by atoms with Gasteiger partial charge in [-0.25, -0.2) is 9.59 Å². The summed E-state index contributed by atoms with van der Waals surface area (Å²) >= 11 is 1.46. The van der Waals surface area contributed by atoms with Gasteiger partial charge in [-0.1, -0.05) is 42.5 Å². The van der Waals surface area contributed by atoms with Crippen molar-refractivity contribution in [1.29, 1.82) is 0 Å². The molecule has 6 N–H and O–H groups in total. The fourth-order valence-corrected chi connectivity index (χ4v) is 4.30. The first-order valence-electron chi connectivity index (χ1n) is 12.5. The van der Waals surface area contributed by atoms with Gasteiger partial charge in [0.2, 0.25) is 0 Å². The van der Waals surface area contributed by atoms with E-state index in [-0.39, 0.29) is 12.5 Å². The highest BCUT2D eigenvalue weighted by Crippen LogP contribution is 2.25. The van der Waals surface area contributed by atoms with Crippen LogP contribution >= 0.6 is 11.3 Å². The van der Waals surface area contributed by atoms with E-state index in [2.05, 4.69) is 17.4 Å². The van der Waals surface area contributed by atoms with Gasteiger partial charge in [-0.2, -0.15) is 26.3 Å². The topological polar surface area (TPSA) is 170 Å². The van der Waals surface area contributed by atoms with E-state index in [9.17, 15) is 41.0 Å². The number of alkyl halides is 6. The number of amides is 1. The number of nitrogens with zero attached hydrogens (tertiary/aromatic N) is 1. The first kappa shape index (κ1) is 37.8. The Hall–Kier alpha value is -4.22. The van der Waals surface area contributed by atoms with Crippen molar-refractivity contribution in [3.8, 4) is 0 Å². The van der Waals surface area contributed by atoms with Crippen LogP contribution in [0.5, 0.6) is 0 Å². The van der Waals surface area contributed by atoms with Gasteiger partial charge < -0.3 is 26.4 Å². The summed E-state index contributed by atoms with van der Waals surface area (Å²) in [6.07, 6.45) is -8.45. The second kappa shape index (κ2) is 17.8. The molecule has 44 heavy (non-hydrogen) atoms. The lowest BCUT2D eigenvalue weighted by atomic mass is 10.1. The number of aliphatic carboxylic acids is 3. The Morgan fingerprint density at radius 2 is 1.34 bits per heavy atom. The lowest BCUT2D eigenvalue weighted by molar-refractivity contribution is -0.193. The Morgan fingerprint density at radius 1 is 0.818 bits per heavy atom. The molecule has 0 saturated carbocycles. The first-order chi connectivity index (χ1) is 20.4. The molecule has 0 unspecified atom stereocenters. The van der Waals surface area contributed by atoms with E-state index < -0.39 is 30.3 Å². The van der Waals surface area contributed by atoms with Crippen LogP contribution in [-0.4, -0.2) is 82.6 Å². The quantitative estimate of drug-likeness (QED) is 0.189. The van der Waals surface area contributed by atoms with Gasteiger partial charge in [0.1, 0.15) is 0 Å². The highest BCUT2D eigenvalue weighted by molar-refractivity contribution is 7.20. The minimum absolute atomic E-state index is 0.0368. The monoisotopic (exact) mass is 653 g/mol. The maximum atomic E-state index is 12.4. The van der Waals surface area contributed by atoms with Crippen molar-refractivity contribution in [3.63, 3.8) is 0 Å². The molecule has 0 bridgehead atoms. The number of carboxylic acids is 3. The number of aryl methyl sites for hydroxylation is 1. The molecule has 242 valence electrons. The number of fused-ring (bicyclic) bond motifs is 1. The van der Waals surface area contributed by atoms with Crippen LogP contribution in [0.4, 0.5) is 26.3 Å². The summed E-state index contributed by atoms with van der Waals surface area (Å²) in [7, 11) is 0. The molecule has 1 aromatic heterocycles. The predicted molar refractivity (Wildman–Crippen MR) is 148 cm³/mol. The van der Waals surface area contributed by atoms with Crippen LogP contribution < -0.4 is 11.1 Å². The average Bonchev–Trinajstić information content (AvgIpc) is 3.37. The summed E-state index contributed by atoms with van der Waals surface area (Å²) in [5.74, 6) is -6.50. The summed E-state index contributed by atoms with van der Waals surface area (Å²) in [5, 5.41) is 27.4. The highest BCUT2D eigenvalue weighted by atomic mass is 32.1. The zero-order chi connectivity index (χ0) is 33.5. The number of benzene rings is 2. The van der Waals surface area contributed by atoms with E-state index in [0.29, 0.717) is 31.1 Å². The van der Waals surface area contributed by atoms with E-state index in [1.54, 1.807) is 0 Å². The molecule has 0 aliphatic carbocycles. The fourth-order valence-electron chi connectivity index (χ4n) is 3.32. The van der Waals surface area contributed by atoms with Gasteiger partial charge in [-0.3, -0.25) is 14.5 Å². The minimum atomic E-state index is -5.08. The standard InChI is InChI=1S/C23H27N3O3S.2C2HF3O2/c24-15-18-9-7-17(8-10-18)4-3-12-26(16-22(27)28)13-11-25-23(29)21-14-19-5-1-2-6-20(19)30-21;2*3-2(4,5)1(6)7/h1-2,5-10,14H,3-4,11-13,15-16,24H2,(H,25,29)(H,27,28);2*(H,6,7). The largest absolute Gasteiger partial charge is 0.490 e. The van der Waals surface area contributed by atoms with Gasteiger partial charge >= 0.3 is 30.3 Å². The Labute approximate surface area is 250 Å². The number of hydrogen-bond acceptors (Lipinski definition) is 7. The summed E-state index contributed by atoms with van der Waals surface area (Å²) in [6, 6.07) is 18.0. The molecule has 0 saturated heterocycles. The SMILES string of the molecule is NCc1ccc(CCCN(CCNC(=O)c2cc3ccccc3s2)CC(=O)O)cc1.O=C(O)C(F)(F)F.O=C(O)C(F)(F)F. The molecular weight excluding hydrogens is 624 g/mol. The molecule has 2 aromatic carbocycles. The molecule has 3 rings (SSSR count). The number of halogens is 6. The minimum Gasteiger partial charge on any atom is -0.480 e. The third kappa shape index (κ3) is 14.8. The number of thiophene rings is 1. The molecule has 0 radical (unpaired) electrons. The van der Waals surface area contributed by atoms with Gasteiger partial charge in [-0.05, 0) is 48.0 Å². The zero-order valence-corrected chi connectivity index (χ0v) is 23.6. The summed E-state index contributed by atoms with van der Waals surface area (Å²) < 4.78 is 64.6. The van der Waals surface area contributed by atoms with Crippen molar-refractivity contribution < 1.29 is 60.8 Å². The van der Waals surface area contributed by atoms with Crippen molar-refractivity contribution in [2.45, 2.75) is 31.7 Å². The van der Waals surface area contributed by atoms with E-state index in [1.807, 2.05) is 47.4 Å². The molecule has 17 heteroatoms. The lowest BCUT2D eigenvalue weighted by Gasteiger charge is -2.20. The maximum Gasteiger partial charge on any atom is 0.490 e. The number of carbonyl (C=O) groups excluding carboxylic acids is 1. The second-order valence-electron chi connectivity index (χ2n) is 8.80. The van der Waals surface area contributed by atoms with Gasteiger partial charge in [-0.15, -0.1) is 11.3 Å². The summed E-state index contributed by atoms with van der Waals surface area (Å²) in [4.78, 5) is 43.9. The molecular formula is C27H29F6N3O7S. The Morgan fingerprint density at radius 3 is 1.82 bits per heavy atom. The molecule has 0 atom stereocenters. The third-order valence-electron chi connectivity index (χ3n) is 5.41. The molecule has 10 nitrogen and oxygen atoms in total. The number of carboxylic acid groups (broad SMARTS) is 3. The van der Waals surface area contributed by atoms with E-state index >= 15 is 0 Å². The summed E-state index contributed by atoms with van der Waals surface area (Å²) in [5.41, 5.74) is 7.93. The molecule has 1 heterocycles. The molecule has 3 aromatic rings. The predicted octanol–water partition coefficient (Wildman–Crippen LogP) is 4.38. The number of nitrogens with two attached hydrogens (primary N) is 1. The van der Waals surface area contributed by atoms with Gasteiger partial charge in [0, 0.05) is 24.3 Å². The van der Waals surface area contributed by atoms with Crippen LogP contribution in [0.15, 0.2) is 54.6 Å². The number of nitrogens with one attached hydrogen (secondary N) is 1. The molecule has 0 spiro atoms. The summed E-state index contributed by atoms with van der Waals surface area (Å²) in [6.45, 7) is 2.05. The van der Waals surface area contributed by atoms with E-state index in [0.717, 1.165) is 28.5 Å². The van der Waals surface area contributed by atoms with Crippen LogP contribution in [0.25, 0.3) is 10.1 Å². The first-order valence-corrected chi connectivity index (χ1v) is 13.3. The van der Waals surface area contributed by atoms with Gasteiger partial charge in [0.15, 0.2) is 0 Å². The Kier molecular flexibility index (Phi) is 15.3.